The second-order valence-corrected chi connectivity index (χ2v) is 5.09. The van der Waals surface area contributed by atoms with E-state index in [0.29, 0.717) is 10.7 Å². The predicted molar refractivity (Wildman–Crippen MR) is 112 cm³/mol. The summed E-state index contributed by atoms with van der Waals surface area (Å²) in [7, 11) is 0. The Balaban J connectivity index is 0. The van der Waals surface area contributed by atoms with Crippen LogP contribution in [0.3, 0.4) is 0 Å². The molecule has 0 aliphatic carbocycles. The lowest BCUT2D eigenvalue weighted by molar-refractivity contribution is -0.142. The fourth-order valence-corrected chi connectivity index (χ4v) is 2.15. The minimum Gasteiger partial charge on any atom is -0.461 e. The summed E-state index contributed by atoms with van der Waals surface area (Å²) in [5.74, 6) is 1.92. The van der Waals surface area contributed by atoms with Crippen molar-refractivity contribution >= 4 is 44.4 Å². The molecule has 1 heterocycles. The first-order valence-electron chi connectivity index (χ1n) is 8.16. The molecule has 0 aliphatic rings. The molecule has 0 aliphatic heterocycles. The molecule has 0 unspecified atom stereocenters. The van der Waals surface area contributed by atoms with Gasteiger partial charge in [0.2, 0.25) is 0 Å². The number of terminal acetylenes is 1. The van der Waals surface area contributed by atoms with Gasteiger partial charge in [0.15, 0.2) is 0 Å². The summed E-state index contributed by atoms with van der Waals surface area (Å²) in [4.78, 5) is 15.1. The van der Waals surface area contributed by atoms with Crippen molar-refractivity contribution in [3.05, 3.63) is 40.5 Å². The molecule has 0 bridgehead atoms. The van der Waals surface area contributed by atoms with Crippen LogP contribution in [0.5, 0.6) is 0 Å². The number of ether oxygens (including phenoxy) is 1. The maximum Gasteiger partial charge on any atom is 0.302 e. The van der Waals surface area contributed by atoms with Gasteiger partial charge in [-0.15, -0.1) is 12.3 Å². The largest absolute Gasteiger partial charge is 0.461 e. The average Bonchev–Trinajstić information content (AvgIpc) is 2.63. The fourth-order valence-electron chi connectivity index (χ4n) is 1.60. The normalized spacial score (nSPS) is 8.44. The SMILES string of the molecule is C#CC.CC.CC.CC(=O)OCc1cc2ccc(CBr)cc2nc1Cl. The van der Waals surface area contributed by atoms with Crippen LogP contribution in [0, 0.1) is 12.3 Å². The van der Waals surface area contributed by atoms with E-state index in [4.69, 9.17) is 16.3 Å². The lowest BCUT2D eigenvalue weighted by Crippen LogP contribution is -2.00. The maximum atomic E-state index is 10.8. The standard InChI is InChI=1S/C13H11BrClNO2.C3H4.2C2H6/c1-8(17)18-7-11-5-10-3-2-9(6-14)4-12(10)16-13(11)15;1-3-2;2*1-2/h2-5H,6-7H2,1H3;1H,2H3;2*1-2H3. The second-order valence-electron chi connectivity index (χ2n) is 4.17. The molecule has 0 N–H and O–H groups in total. The van der Waals surface area contributed by atoms with Gasteiger partial charge in [0.05, 0.1) is 5.52 Å². The van der Waals surface area contributed by atoms with Crippen LogP contribution in [0.2, 0.25) is 5.15 Å². The van der Waals surface area contributed by atoms with Crippen molar-refractivity contribution in [2.24, 2.45) is 0 Å². The van der Waals surface area contributed by atoms with Gasteiger partial charge in [-0.3, -0.25) is 4.79 Å². The minimum absolute atomic E-state index is 0.150. The first-order chi connectivity index (χ1) is 12.0. The third-order valence-electron chi connectivity index (χ3n) is 2.49. The van der Waals surface area contributed by atoms with E-state index in [9.17, 15) is 4.79 Å². The maximum absolute atomic E-state index is 10.8. The average molecular weight is 429 g/mol. The molecule has 2 rings (SSSR count). The topological polar surface area (TPSA) is 39.2 Å². The minimum atomic E-state index is -0.333. The van der Waals surface area contributed by atoms with Gasteiger partial charge in [-0.25, -0.2) is 4.98 Å². The smallest absolute Gasteiger partial charge is 0.302 e. The van der Waals surface area contributed by atoms with E-state index < -0.39 is 0 Å². The highest BCUT2D eigenvalue weighted by Gasteiger charge is 2.07. The van der Waals surface area contributed by atoms with Crippen LogP contribution >= 0.6 is 27.5 Å². The van der Waals surface area contributed by atoms with Gasteiger partial charge >= 0.3 is 5.97 Å². The molecule has 0 radical (unpaired) electrons. The molecule has 0 saturated heterocycles. The summed E-state index contributed by atoms with van der Waals surface area (Å²) in [5, 5.41) is 2.12. The van der Waals surface area contributed by atoms with E-state index in [-0.39, 0.29) is 12.6 Å². The molecule has 25 heavy (non-hydrogen) atoms. The molecule has 1 aromatic carbocycles. The third kappa shape index (κ3) is 10.1. The van der Waals surface area contributed by atoms with Crippen LogP contribution in [0.4, 0.5) is 0 Å². The number of nitrogens with zero attached hydrogens (tertiary/aromatic N) is 1. The fraction of sp³-hybridized carbons (Fsp3) is 0.400. The summed E-state index contributed by atoms with van der Waals surface area (Å²) >= 11 is 9.47. The summed E-state index contributed by atoms with van der Waals surface area (Å²) in [6.45, 7) is 11.2. The Hall–Kier alpha value is -1.57. The Kier molecular flexibility index (Phi) is 16.4. The number of halogens is 2. The lowest BCUT2D eigenvalue weighted by Gasteiger charge is -2.07. The third-order valence-corrected chi connectivity index (χ3v) is 3.47. The molecule has 3 nitrogen and oxygen atoms in total. The van der Waals surface area contributed by atoms with Gasteiger partial charge < -0.3 is 4.74 Å². The van der Waals surface area contributed by atoms with Crippen molar-refractivity contribution in [1.29, 1.82) is 0 Å². The van der Waals surface area contributed by atoms with Crippen LogP contribution in [0.1, 0.15) is 52.7 Å². The molecule has 138 valence electrons. The summed E-state index contributed by atoms with van der Waals surface area (Å²) in [5.41, 5.74) is 2.69. The molecular formula is C20H27BrClNO2. The van der Waals surface area contributed by atoms with E-state index in [1.165, 1.54) is 6.92 Å². The van der Waals surface area contributed by atoms with Crippen molar-refractivity contribution in [3.63, 3.8) is 0 Å². The number of carbonyl (C=O) groups is 1. The van der Waals surface area contributed by atoms with Crippen molar-refractivity contribution in [2.45, 2.75) is 53.5 Å². The highest BCUT2D eigenvalue weighted by atomic mass is 79.9. The number of carbonyl (C=O) groups excluding carboxylic acids is 1. The first-order valence-corrected chi connectivity index (χ1v) is 9.66. The Morgan fingerprint density at radius 1 is 1.28 bits per heavy atom. The van der Waals surface area contributed by atoms with Crippen LogP contribution in [0.25, 0.3) is 10.9 Å². The van der Waals surface area contributed by atoms with Crippen LogP contribution < -0.4 is 0 Å². The summed E-state index contributed by atoms with van der Waals surface area (Å²) in [6.07, 6.45) is 4.60. The molecule has 0 spiro atoms. The zero-order valence-electron chi connectivity index (χ0n) is 15.8. The van der Waals surface area contributed by atoms with Crippen molar-refractivity contribution in [3.8, 4) is 12.3 Å². The molecule has 5 heteroatoms. The highest BCUT2D eigenvalue weighted by molar-refractivity contribution is 9.08. The summed E-state index contributed by atoms with van der Waals surface area (Å²) < 4.78 is 4.93. The van der Waals surface area contributed by atoms with Gasteiger partial charge in [-0.1, -0.05) is 67.4 Å². The number of rotatable bonds is 3. The Labute approximate surface area is 165 Å². The zero-order valence-corrected chi connectivity index (χ0v) is 18.2. The second kappa shape index (κ2) is 15.9. The van der Waals surface area contributed by atoms with Crippen molar-refractivity contribution in [1.82, 2.24) is 4.98 Å². The molecule has 0 fully saturated rings. The monoisotopic (exact) mass is 427 g/mol. The van der Waals surface area contributed by atoms with E-state index in [1.54, 1.807) is 6.92 Å². The van der Waals surface area contributed by atoms with Gasteiger partial charge in [0, 0.05) is 23.2 Å². The van der Waals surface area contributed by atoms with E-state index >= 15 is 0 Å². The van der Waals surface area contributed by atoms with E-state index in [0.717, 1.165) is 21.8 Å². The van der Waals surface area contributed by atoms with Gasteiger partial charge in [-0.2, -0.15) is 0 Å². The number of fused-ring (bicyclic) bond motifs is 1. The Bertz CT molecular complexity index is 681. The van der Waals surface area contributed by atoms with Crippen LogP contribution in [-0.2, 0) is 21.5 Å². The number of pyridine rings is 1. The van der Waals surface area contributed by atoms with Crippen LogP contribution in [0.15, 0.2) is 24.3 Å². The highest BCUT2D eigenvalue weighted by Crippen LogP contribution is 2.23. The number of benzene rings is 1. The van der Waals surface area contributed by atoms with Crippen molar-refractivity contribution in [2.75, 3.05) is 0 Å². The molecule has 1 aromatic heterocycles. The number of hydrogen-bond acceptors (Lipinski definition) is 3. The molecule has 0 atom stereocenters. The molecule has 0 amide bonds. The Morgan fingerprint density at radius 2 is 1.84 bits per heavy atom. The van der Waals surface area contributed by atoms with E-state index in [2.05, 4.69) is 33.3 Å². The van der Waals surface area contributed by atoms with Crippen LogP contribution in [-0.4, -0.2) is 11.0 Å². The molecule has 2 aromatic rings. The number of esters is 1. The number of hydrogen-bond donors (Lipinski definition) is 0. The zero-order chi connectivity index (χ0) is 19.8. The quantitative estimate of drug-likeness (QED) is 0.241. The van der Waals surface area contributed by atoms with Gasteiger partial charge in [0.25, 0.3) is 0 Å². The Morgan fingerprint density at radius 3 is 2.32 bits per heavy atom. The number of aromatic nitrogens is 1. The van der Waals surface area contributed by atoms with E-state index in [1.807, 2.05) is 52.0 Å². The van der Waals surface area contributed by atoms with Gasteiger partial charge in [-0.05, 0) is 24.6 Å². The first kappa shape index (κ1) is 25.7. The molecular weight excluding hydrogens is 402 g/mol. The number of alkyl halides is 1. The van der Waals surface area contributed by atoms with Gasteiger partial charge in [0.1, 0.15) is 11.8 Å². The predicted octanol–water partition coefficient (Wildman–Crippen LogP) is 6.54. The van der Waals surface area contributed by atoms with Crippen molar-refractivity contribution < 1.29 is 9.53 Å². The summed E-state index contributed by atoms with van der Waals surface area (Å²) in [6, 6.07) is 7.87. The lowest BCUT2D eigenvalue weighted by atomic mass is 10.1. The molecule has 0 saturated carbocycles.